The smallest absolute Gasteiger partial charge is 0.371 e. The quantitative estimate of drug-likeness (QED) is 0.296. The van der Waals surface area contributed by atoms with Crippen molar-refractivity contribution in [3.8, 4) is 0 Å². The van der Waals surface area contributed by atoms with Crippen LogP contribution in [0.25, 0.3) is 0 Å². The Morgan fingerprint density at radius 3 is 1.54 bits per heavy atom. The van der Waals surface area contributed by atoms with E-state index in [1.165, 1.54) is 0 Å². The molecule has 0 amide bonds. The van der Waals surface area contributed by atoms with E-state index in [1.54, 1.807) is 0 Å². The predicted octanol–water partition coefficient (Wildman–Crippen LogP) is 3.89. The summed E-state index contributed by atoms with van der Waals surface area (Å²) in [7, 11) is -0.0770. The normalized spacial score (nSPS) is 15.0. The number of methoxy groups -OCH3 is 1. The third-order valence-electron chi connectivity index (χ3n) is 1.96. The summed E-state index contributed by atoms with van der Waals surface area (Å²) in [5.41, 5.74) is 0. The summed E-state index contributed by atoms with van der Waals surface area (Å²) >= 11 is 5.00. The predicted molar refractivity (Wildman–Crippen MR) is 55.5 cm³/mol. The van der Waals surface area contributed by atoms with Gasteiger partial charge in [0.05, 0.1) is 6.61 Å². The topological polar surface area (TPSA) is 36.9 Å². The molecule has 0 heterocycles. The van der Waals surface area contributed by atoms with Crippen molar-refractivity contribution in [2.24, 2.45) is 0 Å². The van der Waals surface area contributed by atoms with E-state index >= 15 is 0 Å². The molecule has 0 N–H and O–H groups in total. The van der Waals surface area contributed by atoms with E-state index < -0.39 is 43.8 Å². The average Bonchev–Trinajstić information content (AvgIpc) is 2.35. The molecule has 0 saturated carbocycles. The molecule has 0 aromatic rings. The zero-order valence-corrected chi connectivity index (χ0v) is 12.2. The average molecular weight is 407 g/mol. The maximum Gasteiger partial charge on any atom is 0.453 e. The summed E-state index contributed by atoms with van der Waals surface area (Å²) in [6.07, 6.45) is -30.2. The van der Waals surface area contributed by atoms with Crippen LogP contribution in [0.2, 0.25) is 0 Å². The van der Waals surface area contributed by atoms with Crippen molar-refractivity contribution in [1.29, 1.82) is 0 Å². The molecule has 0 radical (unpaired) electrons. The highest BCUT2D eigenvalue weighted by molar-refractivity contribution is 6.17. The molecule has 0 aromatic heterocycles. The molecule has 146 valence electrons. The van der Waals surface area contributed by atoms with Gasteiger partial charge in [0.2, 0.25) is 0 Å². The van der Waals surface area contributed by atoms with Crippen LogP contribution < -0.4 is 0 Å². The van der Waals surface area contributed by atoms with Crippen LogP contribution in [0.4, 0.5) is 43.9 Å². The van der Waals surface area contributed by atoms with Gasteiger partial charge in [0.15, 0.2) is 0 Å². The van der Waals surface area contributed by atoms with Gasteiger partial charge in [-0.1, -0.05) is 0 Å². The number of halogens is 11. The van der Waals surface area contributed by atoms with Gasteiger partial charge in [-0.2, -0.15) is 43.9 Å². The van der Waals surface area contributed by atoms with Crippen molar-refractivity contribution < 1.29 is 62.9 Å². The monoisotopic (exact) mass is 406 g/mol. The van der Waals surface area contributed by atoms with E-state index in [9.17, 15) is 43.9 Å². The Hall–Kier alpha value is -0.570. The van der Waals surface area contributed by atoms with Gasteiger partial charge >= 0.3 is 30.5 Å². The molecule has 0 aliphatic carbocycles. The van der Waals surface area contributed by atoms with Crippen LogP contribution in [0.3, 0.4) is 0 Å². The van der Waals surface area contributed by atoms with Crippen LogP contribution in [-0.2, 0) is 18.9 Å². The summed E-state index contributed by atoms with van der Waals surface area (Å²) in [5.74, 6) is -0.371. The Bertz CT molecular complexity index is 406. The molecule has 0 saturated heterocycles. The van der Waals surface area contributed by atoms with Gasteiger partial charge in [0, 0.05) is 13.0 Å². The van der Waals surface area contributed by atoms with Crippen molar-refractivity contribution in [2.75, 3.05) is 26.2 Å². The number of hydrogen-bond acceptors (Lipinski definition) is 4. The van der Waals surface area contributed by atoms with Crippen LogP contribution in [0.15, 0.2) is 0 Å². The zero-order valence-electron chi connectivity index (χ0n) is 11.4. The molecular formula is C9H9ClF10O4. The number of alkyl halides is 11. The standard InChI is InChI=1S/C9H9ClF10O4/c1-21-6(13,14)7(15,16)24-9(19,20)8(17,18)23-5(11,12)4-22-3-2-10/h2-4H2,1H3. The SMILES string of the molecule is COC(F)(F)C(F)(F)OC(F)(F)C(F)(F)OC(F)(F)COCCCl. The van der Waals surface area contributed by atoms with Crippen molar-refractivity contribution in [1.82, 2.24) is 0 Å². The van der Waals surface area contributed by atoms with Crippen LogP contribution in [0.5, 0.6) is 0 Å². The van der Waals surface area contributed by atoms with E-state index in [4.69, 9.17) is 11.6 Å². The Labute approximate surface area is 132 Å². The first kappa shape index (κ1) is 23.4. The maximum absolute atomic E-state index is 13.0. The number of rotatable bonds is 11. The number of ether oxygens (including phenoxy) is 4. The fourth-order valence-electron chi connectivity index (χ4n) is 0.921. The first-order chi connectivity index (χ1) is 10.5. The van der Waals surface area contributed by atoms with Gasteiger partial charge in [-0.05, 0) is 0 Å². The maximum atomic E-state index is 13.0. The third kappa shape index (κ3) is 6.06. The molecule has 0 atom stereocenters. The van der Waals surface area contributed by atoms with E-state index in [0.717, 1.165) is 0 Å². The summed E-state index contributed by atoms with van der Waals surface area (Å²) < 4.78 is 139. The van der Waals surface area contributed by atoms with Crippen LogP contribution >= 0.6 is 11.6 Å². The van der Waals surface area contributed by atoms with Crippen LogP contribution in [-0.4, -0.2) is 56.7 Å². The Morgan fingerprint density at radius 2 is 1.12 bits per heavy atom. The fraction of sp³-hybridized carbons (Fsp3) is 1.00. The molecule has 0 rings (SSSR count). The summed E-state index contributed by atoms with van der Waals surface area (Å²) in [4.78, 5) is 0. The highest BCUT2D eigenvalue weighted by atomic mass is 35.5. The summed E-state index contributed by atoms with van der Waals surface area (Å²) in [6, 6.07) is 0. The van der Waals surface area contributed by atoms with Crippen molar-refractivity contribution in [2.45, 2.75) is 30.5 Å². The molecule has 15 heteroatoms. The second-order valence-corrected chi connectivity index (χ2v) is 4.23. The highest BCUT2D eigenvalue weighted by Gasteiger charge is 2.72. The minimum Gasteiger partial charge on any atom is -0.371 e. The molecule has 0 unspecified atom stereocenters. The number of hydrogen-bond donors (Lipinski definition) is 0. The Kier molecular flexibility index (Phi) is 7.58. The Balaban J connectivity index is 5.17. The fourth-order valence-corrected chi connectivity index (χ4v) is 1.03. The molecule has 0 aliphatic rings. The van der Waals surface area contributed by atoms with Gasteiger partial charge in [0.1, 0.15) is 6.61 Å². The van der Waals surface area contributed by atoms with Crippen molar-refractivity contribution in [3.05, 3.63) is 0 Å². The Morgan fingerprint density at radius 1 is 0.708 bits per heavy atom. The second-order valence-electron chi connectivity index (χ2n) is 3.85. The van der Waals surface area contributed by atoms with Crippen molar-refractivity contribution >= 4 is 11.6 Å². The van der Waals surface area contributed by atoms with E-state index in [0.29, 0.717) is 0 Å². The summed E-state index contributed by atoms with van der Waals surface area (Å²) in [6.45, 7) is -2.62. The van der Waals surface area contributed by atoms with Gasteiger partial charge in [0.25, 0.3) is 0 Å². The first-order valence-electron chi connectivity index (χ1n) is 5.52. The lowest BCUT2D eigenvalue weighted by molar-refractivity contribution is -0.544. The van der Waals surface area contributed by atoms with Gasteiger partial charge in [-0.15, -0.1) is 11.6 Å². The lowest BCUT2D eigenvalue weighted by Gasteiger charge is -2.32. The van der Waals surface area contributed by atoms with Crippen LogP contribution in [0.1, 0.15) is 0 Å². The second kappa shape index (κ2) is 7.76. The molecule has 0 spiro atoms. The van der Waals surface area contributed by atoms with Gasteiger partial charge in [-0.3, -0.25) is 0 Å². The van der Waals surface area contributed by atoms with E-state index in [-0.39, 0.29) is 13.0 Å². The van der Waals surface area contributed by atoms with Gasteiger partial charge < -0.3 is 9.47 Å². The van der Waals surface area contributed by atoms with Crippen LogP contribution in [0, 0.1) is 0 Å². The minimum atomic E-state index is -6.59. The first-order valence-corrected chi connectivity index (χ1v) is 6.05. The molecule has 0 fully saturated rings. The molecular weight excluding hydrogens is 398 g/mol. The minimum absolute atomic E-state index is 0.0770. The largest absolute Gasteiger partial charge is 0.453 e. The van der Waals surface area contributed by atoms with Gasteiger partial charge in [-0.25, -0.2) is 9.47 Å². The molecule has 0 aromatic carbocycles. The highest BCUT2D eigenvalue weighted by Crippen LogP contribution is 2.47. The molecule has 0 bridgehead atoms. The molecule has 0 aliphatic heterocycles. The lowest BCUT2D eigenvalue weighted by atomic mass is 10.5. The van der Waals surface area contributed by atoms with E-state index in [1.807, 2.05) is 4.74 Å². The zero-order chi connectivity index (χ0) is 19.4. The third-order valence-corrected chi connectivity index (χ3v) is 2.11. The van der Waals surface area contributed by atoms with E-state index in [2.05, 4.69) is 14.2 Å². The lowest BCUT2D eigenvalue weighted by Crippen LogP contribution is -2.56. The molecule has 24 heavy (non-hydrogen) atoms. The van der Waals surface area contributed by atoms with Crippen molar-refractivity contribution in [3.63, 3.8) is 0 Å². The summed E-state index contributed by atoms with van der Waals surface area (Å²) in [5, 5.41) is 0. The molecule has 4 nitrogen and oxygen atoms in total.